The molecule has 2 aromatic carbocycles. The summed E-state index contributed by atoms with van der Waals surface area (Å²) in [4.78, 5) is 3.35. The summed E-state index contributed by atoms with van der Waals surface area (Å²) in [6, 6.07) is 15.2. The van der Waals surface area contributed by atoms with Crippen LogP contribution < -0.4 is 33.7 Å². The molecule has 3 rings (SSSR count). The van der Waals surface area contributed by atoms with Crippen molar-refractivity contribution in [3.05, 3.63) is 58.9 Å². The van der Waals surface area contributed by atoms with Crippen molar-refractivity contribution >= 4 is 22.6 Å². The van der Waals surface area contributed by atoms with E-state index in [4.69, 9.17) is 44.5 Å². The number of ether oxygens (including phenoxy) is 1. The Bertz CT molecular complexity index is 992. The van der Waals surface area contributed by atoms with E-state index in [9.17, 15) is 0 Å². The van der Waals surface area contributed by atoms with Crippen molar-refractivity contribution in [2.24, 2.45) is 0 Å². The van der Waals surface area contributed by atoms with Crippen LogP contribution in [0, 0.1) is 10.2 Å². The highest BCUT2D eigenvalue weighted by Crippen LogP contribution is 2.25. The van der Waals surface area contributed by atoms with E-state index >= 15 is 0 Å². The zero-order chi connectivity index (χ0) is 21.4. The summed E-state index contributed by atoms with van der Waals surface area (Å²) in [6.45, 7) is 0.818. The Morgan fingerprint density at radius 2 is 1.72 bits per heavy atom. The van der Waals surface area contributed by atoms with E-state index in [1.807, 2.05) is 48.5 Å². The Morgan fingerprint density at radius 1 is 1.07 bits per heavy atom. The van der Waals surface area contributed by atoms with Gasteiger partial charge in [-0.15, -0.1) is 10.2 Å². The van der Waals surface area contributed by atoms with Crippen molar-refractivity contribution in [3.8, 4) is 17.1 Å². The van der Waals surface area contributed by atoms with Crippen molar-refractivity contribution < 1.29 is 48.1 Å². The van der Waals surface area contributed by atoms with Crippen LogP contribution in [0.2, 0.25) is 5.02 Å². The second-order valence-corrected chi connectivity index (χ2v) is 6.97. The molecule has 10 heteroatoms. The lowest BCUT2D eigenvalue weighted by atomic mass is 10.1. The van der Waals surface area contributed by atoms with Crippen molar-refractivity contribution in [2.75, 3.05) is 20.3 Å². The molecular weight excluding hydrogens is 425 g/mol. The zero-order valence-electron chi connectivity index (χ0n) is 15.4. The van der Waals surface area contributed by atoms with Crippen LogP contribution in [0.3, 0.4) is 0 Å². The van der Waals surface area contributed by atoms with Crippen LogP contribution in [-0.2, 0) is 0 Å². The van der Waals surface area contributed by atoms with Crippen molar-refractivity contribution in [3.63, 3.8) is 0 Å². The lowest BCUT2D eigenvalue weighted by Gasteiger charge is -2.17. The van der Waals surface area contributed by atoms with Gasteiger partial charge in [-0.05, 0) is 42.5 Å². The van der Waals surface area contributed by atoms with Gasteiger partial charge in [-0.25, -0.2) is 23.6 Å². The van der Waals surface area contributed by atoms with Crippen molar-refractivity contribution in [1.29, 1.82) is 0 Å². The van der Waals surface area contributed by atoms with Gasteiger partial charge in [0, 0.05) is 23.6 Å². The Balaban J connectivity index is 0.000000537. The van der Waals surface area contributed by atoms with Gasteiger partial charge >= 0.3 is 0 Å². The monoisotopic (exact) mass is 443 g/mol. The molecule has 1 aromatic heterocycles. The largest absolute Gasteiger partial charge is 0.497 e. The third-order valence-corrected chi connectivity index (χ3v) is 3.99. The van der Waals surface area contributed by atoms with E-state index in [1.54, 1.807) is 7.11 Å². The molecule has 8 nitrogen and oxygen atoms in total. The van der Waals surface area contributed by atoms with Gasteiger partial charge in [0.2, 0.25) is 5.36 Å². The summed E-state index contributed by atoms with van der Waals surface area (Å²) >= 11 is 6.12. The second kappa shape index (κ2) is 10.6. The molecule has 0 saturated heterocycles. The Labute approximate surface area is 173 Å². The summed E-state index contributed by atoms with van der Waals surface area (Å²) in [7, 11) is -3.30. The quantitative estimate of drug-likeness (QED) is 0.409. The third-order valence-electron chi connectivity index (χ3n) is 3.75. The van der Waals surface area contributed by atoms with E-state index in [2.05, 4.69) is 4.99 Å². The van der Waals surface area contributed by atoms with Crippen LogP contribution in [0.25, 0.3) is 22.3 Å². The van der Waals surface area contributed by atoms with Gasteiger partial charge in [-0.2, -0.15) is 0 Å². The zero-order valence-corrected chi connectivity index (χ0v) is 16.9. The summed E-state index contributed by atoms with van der Waals surface area (Å²) in [5.74, 6) is 1.55. The molecule has 2 N–H and O–H groups in total. The number of benzene rings is 2. The maximum atomic E-state index is 8.99. The standard InChI is InChI=1S/C19H18ClNO3.ClHO4/c1-23-15-6-3-13(4-7-15)19-12-17(21-9-2-10-22)16-11-14(20)5-8-18(16)24-19;2-1(3,4)5/h3-8,11-12,22H,2,9-10H2,1H3;(H,2,3,4,5). The number of rotatable bonds is 5. The number of hydrogen-bond donors (Lipinski definition) is 2. The first-order valence-corrected chi connectivity index (χ1v) is 10.00. The molecule has 3 aromatic rings. The number of aliphatic hydroxyl groups is 1. The fourth-order valence-electron chi connectivity index (χ4n) is 2.50. The molecular formula is C19H19Cl2NO7. The van der Waals surface area contributed by atoms with Crippen LogP contribution in [0.1, 0.15) is 6.42 Å². The number of aliphatic hydroxyl groups excluding tert-OH is 1. The number of halogens is 2. The molecule has 0 aliphatic rings. The summed E-state index contributed by atoms with van der Waals surface area (Å²) in [5, 5.41) is 11.5. The molecule has 0 fully saturated rings. The maximum Gasteiger partial charge on any atom is 0.213 e. The molecule has 29 heavy (non-hydrogen) atoms. The van der Waals surface area contributed by atoms with Gasteiger partial charge in [-0.3, -0.25) is 0 Å². The van der Waals surface area contributed by atoms with Crippen LogP contribution in [0.15, 0.2) is 52.9 Å². The van der Waals surface area contributed by atoms with Crippen LogP contribution in [-0.4, -0.2) is 25.4 Å². The van der Waals surface area contributed by atoms with E-state index in [1.165, 1.54) is 0 Å². The minimum Gasteiger partial charge on any atom is -0.497 e. The first kappa shape index (κ1) is 23.1. The lowest BCUT2D eigenvalue weighted by molar-refractivity contribution is -2.00. The van der Waals surface area contributed by atoms with Crippen LogP contribution >= 0.6 is 11.6 Å². The van der Waals surface area contributed by atoms with Crippen molar-refractivity contribution in [1.82, 2.24) is 0 Å². The number of fused-ring (bicyclic) bond motifs is 1. The predicted octanol–water partition coefficient (Wildman–Crippen LogP) is -2.63. The van der Waals surface area contributed by atoms with E-state index in [-0.39, 0.29) is 6.61 Å². The molecule has 0 aliphatic heterocycles. The van der Waals surface area contributed by atoms with Crippen LogP contribution in [0.5, 0.6) is 5.75 Å². The first-order valence-electron chi connectivity index (χ1n) is 8.38. The average Bonchev–Trinajstić information content (AvgIpc) is 2.67. The Kier molecular flexibility index (Phi) is 8.42. The summed E-state index contributed by atoms with van der Waals surface area (Å²) in [6.07, 6.45) is 0.673. The molecule has 0 aliphatic carbocycles. The fraction of sp³-hybridized carbons (Fsp3) is 0.211. The minimum atomic E-state index is -4.94. The molecule has 0 unspecified atom stereocenters. The molecule has 0 amide bonds. The summed E-state index contributed by atoms with van der Waals surface area (Å²) < 4.78 is 45.2. The topological polar surface area (TPSA) is 149 Å². The number of hydrogen-bond acceptors (Lipinski definition) is 7. The predicted molar refractivity (Wildman–Crippen MR) is 93.9 cm³/mol. The SMILES string of the molecule is COc1ccc(-c2cc(=[NH+]CCCO)c3cc(Cl)ccc3o2)cc1.[O-][Cl+3]([O-])([O-])[O-]. The number of methoxy groups -OCH3 is 1. The average molecular weight is 444 g/mol. The second-order valence-electron chi connectivity index (χ2n) is 5.78. The molecule has 0 spiro atoms. The lowest BCUT2D eigenvalue weighted by Crippen LogP contribution is -2.76. The van der Waals surface area contributed by atoms with E-state index in [0.717, 1.165) is 33.4 Å². The van der Waals surface area contributed by atoms with E-state index in [0.29, 0.717) is 18.0 Å². The Morgan fingerprint density at radius 3 is 2.31 bits per heavy atom. The smallest absolute Gasteiger partial charge is 0.213 e. The third kappa shape index (κ3) is 7.64. The molecule has 0 bridgehead atoms. The van der Waals surface area contributed by atoms with Gasteiger partial charge in [0.15, 0.2) is 0 Å². The van der Waals surface area contributed by atoms with E-state index < -0.39 is 10.2 Å². The van der Waals surface area contributed by atoms with Gasteiger partial charge in [0.05, 0.1) is 18.6 Å². The van der Waals surface area contributed by atoms with Crippen LogP contribution in [0.4, 0.5) is 0 Å². The number of nitrogens with one attached hydrogen (secondary N) is 1. The van der Waals surface area contributed by atoms with Gasteiger partial charge in [0.1, 0.15) is 23.6 Å². The summed E-state index contributed by atoms with van der Waals surface area (Å²) in [5.41, 5.74) is 1.71. The maximum absolute atomic E-state index is 8.99. The molecule has 0 atom stereocenters. The first-order chi connectivity index (χ1) is 13.7. The van der Waals surface area contributed by atoms with Gasteiger partial charge in [0.25, 0.3) is 0 Å². The van der Waals surface area contributed by atoms with Crippen molar-refractivity contribution in [2.45, 2.75) is 6.42 Å². The molecule has 0 radical (unpaired) electrons. The highest BCUT2D eigenvalue weighted by Gasteiger charge is 2.10. The Hall–Kier alpha value is -2.17. The van der Waals surface area contributed by atoms with Gasteiger partial charge < -0.3 is 14.3 Å². The minimum absolute atomic E-state index is 0.147. The normalized spacial score (nSPS) is 11.9. The van der Waals surface area contributed by atoms with Gasteiger partial charge in [-0.1, -0.05) is 11.6 Å². The highest BCUT2D eigenvalue weighted by atomic mass is 35.7. The fourth-order valence-corrected chi connectivity index (χ4v) is 2.68. The molecule has 156 valence electrons. The molecule has 0 saturated carbocycles. The highest BCUT2D eigenvalue weighted by molar-refractivity contribution is 6.31. The molecule has 1 heterocycles.